The van der Waals surface area contributed by atoms with E-state index in [2.05, 4.69) is 13.8 Å². The fraction of sp³-hybridized carbons (Fsp3) is 0.538. The molecule has 1 nitrogen and oxygen atoms in total. The lowest BCUT2D eigenvalue weighted by Gasteiger charge is -2.12. The highest BCUT2D eigenvalue weighted by Crippen LogP contribution is 2.59. The van der Waals surface area contributed by atoms with Gasteiger partial charge in [0.1, 0.15) is 0 Å². The fourth-order valence-electron chi connectivity index (χ4n) is 2.09. The Labute approximate surface area is 101 Å². The third-order valence-corrected chi connectivity index (χ3v) is 3.99. The standard InChI is InChI=1S/C13H16ClFO/c1-13(2)7-9(13)12(14)8-4-5-11(16-3)10(15)6-8/h4-6,9,12H,7H2,1-3H3. The minimum absolute atomic E-state index is 0.101. The van der Waals surface area contributed by atoms with E-state index in [9.17, 15) is 4.39 Å². The minimum Gasteiger partial charge on any atom is -0.494 e. The molecule has 0 saturated heterocycles. The van der Waals surface area contributed by atoms with Gasteiger partial charge in [-0.3, -0.25) is 0 Å². The van der Waals surface area contributed by atoms with E-state index in [-0.39, 0.29) is 16.9 Å². The van der Waals surface area contributed by atoms with Crippen molar-refractivity contribution in [2.75, 3.05) is 7.11 Å². The lowest BCUT2D eigenvalue weighted by atomic mass is 10.0. The first-order chi connectivity index (χ1) is 7.45. The fourth-order valence-corrected chi connectivity index (χ4v) is 2.66. The summed E-state index contributed by atoms with van der Waals surface area (Å²) in [6.45, 7) is 4.37. The van der Waals surface area contributed by atoms with Crippen molar-refractivity contribution < 1.29 is 9.13 Å². The molecular formula is C13H16ClFO. The van der Waals surface area contributed by atoms with E-state index in [0.29, 0.717) is 11.3 Å². The van der Waals surface area contributed by atoms with Gasteiger partial charge in [-0.15, -0.1) is 11.6 Å². The first kappa shape index (κ1) is 11.7. The van der Waals surface area contributed by atoms with Gasteiger partial charge in [0.15, 0.2) is 11.6 Å². The molecule has 2 unspecified atom stereocenters. The second-order valence-electron chi connectivity index (χ2n) is 5.09. The normalized spacial score (nSPS) is 23.9. The van der Waals surface area contributed by atoms with Gasteiger partial charge < -0.3 is 4.74 Å². The van der Waals surface area contributed by atoms with Gasteiger partial charge in [-0.25, -0.2) is 4.39 Å². The highest BCUT2D eigenvalue weighted by Gasteiger charge is 2.50. The van der Waals surface area contributed by atoms with Gasteiger partial charge >= 0.3 is 0 Å². The molecule has 88 valence electrons. The molecule has 0 N–H and O–H groups in total. The SMILES string of the molecule is COc1ccc(C(Cl)C2CC2(C)C)cc1F. The average molecular weight is 243 g/mol. The summed E-state index contributed by atoms with van der Waals surface area (Å²) in [7, 11) is 1.46. The smallest absolute Gasteiger partial charge is 0.165 e. The molecule has 16 heavy (non-hydrogen) atoms. The Hall–Kier alpha value is -0.760. The molecule has 0 bridgehead atoms. The highest BCUT2D eigenvalue weighted by molar-refractivity contribution is 6.21. The summed E-state index contributed by atoms with van der Waals surface area (Å²) in [5, 5.41) is -0.101. The van der Waals surface area contributed by atoms with Crippen molar-refractivity contribution in [3.8, 4) is 5.75 Å². The summed E-state index contributed by atoms with van der Waals surface area (Å²) in [6.07, 6.45) is 1.11. The van der Waals surface area contributed by atoms with Crippen molar-refractivity contribution in [2.24, 2.45) is 11.3 Å². The Morgan fingerprint density at radius 3 is 2.56 bits per heavy atom. The Kier molecular flexibility index (Phi) is 2.87. The van der Waals surface area contributed by atoms with Gasteiger partial charge in [0.2, 0.25) is 0 Å². The number of benzene rings is 1. The summed E-state index contributed by atoms with van der Waals surface area (Å²) in [5.41, 5.74) is 1.14. The van der Waals surface area contributed by atoms with Crippen LogP contribution in [-0.2, 0) is 0 Å². The van der Waals surface area contributed by atoms with Gasteiger partial charge in [-0.05, 0) is 35.4 Å². The second kappa shape index (κ2) is 3.92. The van der Waals surface area contributed by atoms with E-state index in [1.54, 1.807) is 6.07 Å². The van der Waals surface area contributed by atoms with Crippen molar-refractivity contribution in [3.05, 3.63) is 29.6 Å². The van der Waals surface area contributed by atoms with E-state index >= 15 is 0 Å². The molecule has 1 aromatic carbocycles. The molecule has 2 atom stereocenters. The Morgan fingerprint density at radius 1 is 1.50 bits per heavy atom. The Bertz CT molecular complexity index is 403. The van der Waals surface area contributed by atoms with Crippen molar-refractivity contribution in [2.45, 2.75) is 25.6 Å². The van der Waals surface area contributed by atoms with E-state index in [0.717, 1.165) is 12.0 Å². The van der Waals surface area contributed by atoms with Crippen LogP contribution < -0.4 is 4.74 Å². The molecule has 0 heterocycles. The number of methoxy groups -OCH3 is 1. The molecule has 1 aliphatic rings. The van der Waals surface area contributed by atoms with Crippen LogP contribution >= 0.6 is 11.6 Å². The van der Waals surface area contributed by atoms with Crippen molar-refractivity contribution in [3.63, 3.8) is 0 Å². The monoisotopic (exact) mass is 242 g/mol. The van der Waals surface area contributed by atoms with Crippen LogP contribution in [0.5, 0.6) is 5.75 Å². The third-order valence-electron chi connectivity index (χ3n) is 3.44. The predicted octanol–water partition coefficient (Wildman–Crippen LogP) is 4.16. The average Bonchev–Trinajstić information content (AvgIpc) is 2.86. The molecule has 0 aromatic heterocycles. The second-order valence-corrected chi connectivity index (χ2v) is 5.57. The molecule has 3 heteroatoms. The molecule has 0 radical (unpaired) electrons. The largest absolute Gasteiger partial charge is 0.494 e. The third kappa shape index (κ3) is 2.03. The number of halogens is 2. The lowest BCUT2D eigenvalue weighted by molar-refractivity contribution is 0.386. The van der Waals surface area contributed by atoms with E-state index in [1.807, 2.05) is 6.07 Å². The summed E-state index contributed by atoms with van der Waals surface area (Å²) >= 11 is 6.35. The van der Waals surface area contributed by atoms with Crippen molar-refractivity contribution in [1.82, 2.24) is 0 Å². The zero-order valence-corrected chi connectivity index (χ0v) is 10.5. The summed E-state index contributed by atoms with van der Waals surface area (Å²) in [4.78, 5) is 0. The number of rotatable bonds is 3. The van der Waals surface area contributed by atoms with Gasteiger partial charge in [-0.2, -0.15) is 0 Å². The van der Waals surface area contributed by atoms with Gasteiger partial charge in [0.25, 0.3) is 0 Å². The molecule has 1 saturated carbocycles. The molecule has 2 rings (SSSR count). The number of ether oxygens (including phenoxy) is 1. The van der Waals surface area contributed by atoms with E-state index in [1.165, 1.54) is 13.2 Å². The van der Waals surface area contributed by atoms with Crippen LogP contribution in [0.4, 0.5) is 4.39 Å². The minimum atomic E-state index is -0.343. The highest BCUT2D eigenvalue weighted by atomic mass is 35.5. The number of hydrogen-bond donors (Lipinski definition) is 0. The first-order valence-electron chi connectivity index (χ1n) is 5.43. The zero-order chi connectivity index (χ0) is 11.9. The van der Waals surface area contributed by atoms with Crippen molar-refractivity contribution >= 4 is 11.6 Å². The maximum absolute atomic E-state index is 13.5. The quantitative estimate of drug-likeness (QED) is 0.724. The number of hydrogen-bond acceptors (Lipinski definition) is 1. The lowest BCUT2D eigenvalue weighted by Crippen LogP contribution is -2.00. The topological polar surface area (TPSA) is 9.23 Å². The van der Waals surface area contributed by atoms with E-state index in [4.69, 9.17) is 16.3 Å². The molecular weight excluding hydrogens is 227 g/mol. The Morgan fingerprint density at radius 2 is 2.12 bits per heavy atom. The van der Waals surface area contributed by atoms with Crippen LogP contribution in [0, 0.1) is 17.2 Å². The van der Waals surface area contributed by atoms with Gasteiger partial charge in [0.05, 0.1) is 12.5 Å². The molecule has 1 aromatic rings. The zero-order valence-electron chi connectivity index (χ0n) is 9.76. The summed E-state index contributed by atoms with van der Waals surface area (Å²) in [6, 6.07) is 4.95. The van der Waals surface area contributed by atoms with Crippen LogP contribution in [0.15, 0.2) is 18.2 Å². The molecule has 1 aliphatic carbocycles. The maximum Gasteiger partial charge on any atom is 0.165 e. The van der Waals surface area contributed by atoms with E-state index < -0.39 is 0 Å². The van der Waals surface area contributed by atoms with Crippen LogP contribution in [0.3, 0.4) is 0 Å². The van der Waals surface area contributed by atoms with Crippen LogP contribution in [0.2, 0.25) is 0 Å². The van der Waals surface area contributed by atoms with Crippen molar-refractivity contribution in [1.29, 1.82) is 0 Å². The number of alkyl halides is 1. The summed E-state index contributed by atoms with van der Waals surface area (Å²) in [5.74, 6) is 0.369. The molecule has 1 fully saturated rings. The van der Waals surface area contributed by atoms with Gasteiger partial charge in [0, 0.05) is 0 Å². The first-order valence-corrected chi connectivity index (χ1v) is 5.87. The van der Waals surface area contributed by atoms with Crippen LogP contribution in [0.25, 0.3) is 0 Å². The predicted molar refractivity (Wildman–Crippen MR) is 63.4 cm³/mol. The Balaban J connectivity index is 2.19. The van der Waals surface area contributed by atoms with Gasteiger partial charge in [-0.1, -0.05) is 19.9 Å². The van der Waals surface area contributed by atoms with Crippen LogP contribution in [0.1, 0.15) is 31.2 Å². The summed E-state index contributed by atoms with van der Waals surface area (Å²) < 4.78 is 18.4. The molecule has 0 amide bonds. The van der Waals surface area contributed by atoms with Crippen LogP contribution in [-0.4, -0.2) is 7.11 Å². The maximum atomic E-state index is 13.5. The molecule has 0 aliphatic heterocycles. The molecule has 0 spiro atoms.